The van der Waals surface area contributed by atoms with Crippen LogP contribution in [0.3, 0.4) is 0 Å². The number of nitrogens with one attached hydrogen (secondary N) is 1. The van der Waals surface area contributed by atoms with Gasteiger partial charge in [0.15, 0.2) is 0 Å². The van der Waals surface area contributed by atoms with Gasteiger partial charge in [-0.2, -0.15) is 0 Å². The fourth-order valence-corrected chi connectivity index (χ4v) is 2.43. The SMILES string of the molecule is CCCC(C)(C)NC(=O)N1CCCC(C)C1. The van der Waals surface area contributed by atoms with E-state index < -0.39 is 0 Å². The van der Waals surface area contributed by atoms with Crippen molar-refractivity contribution in [1.82, 2.24) is 10.2 Å². The maximum absolute atomic E-state index is 12.0. The summed E-state index contributed by atoms with van der Waals surface area (Å²) in [7, 11) is 0. The minimum Gasteiger partial charge on any atom is -0.333 e. The molecule has 1 rings (SSSR count). The van der Waals surface area contributed by atoms with Crippen molar-refractivity contribution in [1.29, 1.82) is 0 Å². The lowest BCUT2D eigenvalue weighted by Gasteiger charge is -2.35. The highest BCUT2D eigenvalue weighted by Crippen LogP contribution is 2.17. The van der Waals surface area contributed by atoms with Crippen molar-refractivity contribution in [2.75, 3.05) is 13.1 Å². The van der Waals surface area contributed by atoms with E-state index in [4.69, 9.17) is 0 Å². The summed E-state index contributed by atoms with van der Waals surface area (Å²) in [5.74, 6) is 0.647. The van der Waals surface area contributed by atoms with Crippen LogP contribution in [0, 0.1) is 5.92 Å². The van der Waals surface area contributed by atoms with E-state index in [0.717, 1.165) is 32.4 Å². The van der Waals surface area contributed by atoms with Crippen LogP contribution in [0.2, 0.25) is 0 Å². The van der Waals surface area contributed by atoms with Gasteiger partial charge in [-0.15, -0.1) is 0 Å². The predicted molar refractivity (Wildman–Crippen MR) is 67.5 cm³/mol. The Hall–Kier alpha value is -0.730. The Morgan fingerprint density at radius 1 is 1.50 bits per heavy atom. The van der Waals surface area contributed by atoms with Crippen molar-refractivity contribution >= 4 is 6.03 Å². The molecule has 1 unspecified atom stereocenters. The van der Waals surface area contributed by atoms with E-state index in [9.17, 15) is 4.79 Å². The molecule has 3 nitrogen and oxygen atoms in total. The molecular weight excluding hydrogens is 200 g/mol. The van der Waals surface area contributed by atoms with Gasteiger partial charge in [-0.3, -0.25) is 0 Å². The molecule has 94 valence electrons. The van der Waals surface area contributed by atoms with Gasteiger partial charge >= 0.3 is 6.03 Å². The number of rotatable bonds is 3. The van der Waals surface area contributed by atoms with Crippen molar-refractivity contribution in [3.63, 3.8) is 0 Å². The van der Waals surface area contributed by atoms with Crippen molar-refractivity contribution in [3.05, 3.63) is 0 Å². The number of hydrogen-bond acceptors (Lipinski definition) is 1. The number of hydrogen-bond donors (Lipinski definition) is 1. The number of likely N-dealkylation sites (tertiary alicyclic amines) is 1. The van der Waals surface area contributed by atoms with Gasteiger partial charge in [0, 0.05) is 18.6 Å². The van der Waals surface area contributed by atoms with Gasteiger partial charge in [-0.1, -0.05) is 20.3 Å². The van der Waals surface area contributed by atoms with Crippen LogP contribution in [0.1, 0.15) is 53.4 Å². The normalized spacial score (nSPS) is 22.0. The molecule has 3 heteroatoms. The van der Waals surface area contributed by atoms with Crippen LogP contribution in [0.25, 0.3) is 0 Å². The molecule has 1 heterocycles. The van der Waals surface area contributed by atoms with Crippen LogP contribution in [-0.2, 0) is 0 Å². The third kappa shape index (κ3) is 4.03. The number of carbonyl (C=O) groups is 1. The Bertz CT molecular complexity index is 238. The summed E-state index contributed by atoms with van der Waals surface area (Å²) in [6, 6.07) is 0.116. The van der Waals surface area contributed by atoms with E-state index >= 15 is 0 Å². The quantitative estimate of drug-likeness (QED) is 0.788. The van der Waals surface area contributed by atoms with E-state index in [-0.39, 0.29) is 11.6 Å². The summed E-state index contributed by atoms with van der Waals surface area (Å²) in [6.07, 6.45) is 4.52. The molecule has 16 heavy (non-hydrogen) atoms. The molecule has 0 aromatic heterocycles. The van der Waals surface area contributed by atoms with Gasteiger partial charge < -0.3 is 10.2 Å². The number of nitrogens with zero attached hydrogens (tertiary/aromatic N) is 1. The second kappa shape index (κ2) is 5.55. The second-order valence-electron chi connectivity index (χ2n) is 5.76. The van der Waals surface area contributed by atoms with Gasteiger partial charge in [0.25, 0.3) is 0 Å². The molecule has 1 aliphatic rings. The molecule has 0 spiro atoms. The van der Waals surface area contributed by atoms with Crippen LogP contribution in [0.5, 0.6) is 0 Å². The van der Waals surface area contributed by atoms with Crippen molar-refractivity contribution in [2.45, 2.75) is 58.9 Å². The van der Waals surface area contributed by atoms with Gasteiger partial charge in [0.05, 0.1) is 0 Å². The summed E-state index contributed by atoms with van der Waals surface area (Å²) in [6.45, 7) is 10.4. The van der Waals surface area contributed by atoms with Crippen molar-refractivity contribution in [3.8, 4) is 0 Å². The Balaban J connectivity index is 2.45. The Morgan fingerprint density at radius 2 is 2.19 bits per heavy atom. The summed E-state index contributed by atoms with van der Waals surface area (Å²) < 4.78 is 0. The zero-order valence-corrected chi connectivity index (χ0v) is 11.2. The largest absolute Gasteiger partial charge is 0.333 e. The van der Waals surface area contributed by atoms with Gasteiger partial charge in [0.1, 0.15) is 0 Å². The van der Waals surface area contributed by atoms with Crippen LogP contribution in [0.15, 0.2) is 0 Å². The average Bonchev–Trinajstić information content (AvgIpc) is 2.16. The molecule has 1 N–H and O–H groups in total. The maximum Gasteiger partial charge on any atom is 0.317 e. The standard InChI is InChI=1S/C13H26N2O/c1-5-8-13(3,4)14-12(16)15-9-6-7-11(2)10-15/h11H,5-10H2,1-4H3,(H,14,16). The van der Waals surface area contributed by atoms with E-state index in [2.05, 4.69) is 33.0 Å². The second-order valence-corrected chi connectivity index (χ2v) is 5.76. The third-order valence-corrected chi connectivity index (χ3v) is 3.26. The lowest BCUT2D eigenvalue weighted by atomic mass is 9.98. The number of amides is 2. The van der Waals surface area contributed by atoms with Crippen molar-refractivity contribution in [2.24, 2.45) is 5.92 Å². The van der Waals surface area contributed by atoms with Crippen LogP contribution >= 0.6 is 0 Å². The van der Waals surface area contributed by atoms with Crippen LogP contribution in [0.4, 0.5) is 4.79 Å². The molecule has 1 atom stereocenters. The molecule has 2 amide bonds. The zero-order valence-electron chi connectivity index (χ0n) is 11.2. The molecule has 0 saturated carbocycles. The molecule has 1 saturated heterocycles. The molecule has 0 bridgehead atoms. The van der Waals surface area contributed by atoms with Gasteiger partial charge in [0.2, 0.25) is 0 Å². The minimum absolute atomic E-state index is 0.0769. The highest BCUT2D eigenvalue weighted by molar-refractivity contribution is 5.75. The Kier molecular flexibility index (Phi) is 4.63. The predicted octanol–water partition coefficient (Wildman–Crippen LogP) is 3.01. The Morgan fingerprint density at radius 3 is 2.75 bits per heavy atom. The molecular formula is C13H26N2O. The highest BCUT2D eigenvalue weighted by atomic mass is 16.2. The van der Waals surface area contributed by atoms with Gasteiger partial charge in [-0.25, -0.2) is 4.79 Å². The first kappa shape index (κ1) is 13.3. The minimum atomic E-state index is -0.0769. The molecule has 0 aromatic carbocycles. The van der Waals surface area contributed by atoms with E-state index in [1.165, 1.54) is 6.42 Å². The van der Waals surface area contributed by atoms with Gasteiger partial charge in [-0.05, 0) is 39.0 Å². The molecule has 1 aliphatic heterocycles. The maximum atomic E-state index is 12.0. The number of piperidine rings is 1. The van der Waals surface area contributed by atoms with E-state index in [1.807, 2.05) is 4.90 Å². The first-order chi connectivity index (χ1) is 7.44. The lowest BCUT2D eigenvalue weighted by Crippen LogP contribution is -2.52. The summed E-state index contributed by atoms with van der Waals surface area (Å²) >= 11 is 0. The highest BCUT2D eigenvalue weighted by Gasteiger charge is 2.25. The molecule has 0 aromatic rings. The zero-order chi connectivity index (χ0) is 12.2. The molecule has 0 aliphatic carbocycles. The first-order valence-electron chi connectivity index (χ1n) is 6.51. The fourth-order valence-electron chi connectivity index (χ4n) is 2.43. The van der Waals surface area contributed by atoms with Crippen LogP contribution < -0.4 is 5.32 Å². The average molecular weight is 226 g/mol. The number of urea groups is 1. The summed E-state index contributed by atoms with van der Waals surface area (Å²) in [5.41, 5.74) is -0.0769. The third-order valence-electron chi connectivity index (χ3n) is 3.26. The molecule has 1 fully saturated rings. The lowest BCUT2D eigenvalue weighted by molar-refractivity contribution is 0.159. The topological polar surface area (TPSA) is 32.3 Å². The number of carbonyl (C=O) groups excluding carboxylic acids is 1. The first-order valence-corrected chi connectivity index (χ1v) is 6.51. The fraction of sp³-hybridized carbons (Fsp3) is 0.923. The summed E-state index contributed by atoms with van der Waals surface area (Å²) in [4.78, 5) is 14.0. The summed E-state index contributed by atoms with van der Waals surface area (Å²) in [5, 5.41) is 3.13. The smallest absolute Gasteiger partial charge is 0.317 e. The van der Waals surface area contributed by atoms with Crippen molar-refractivity contribution < 1.29 is 4.79 Å². The van der Waals surface area contributed by atoms with E-state index in [1.54, 1.807) is 0 Å². The monoisotopic (exact) mass is 226 g/mol. The molecule has 0 radical (unpaired) electrons. The van der Waals surface area contributed by atoms with E-state index in [0.29, 0.717) is 5.92 Å². The van der Waals surface area contributed by atoms with Crippen LogP contribution in [-0.4, -0.2) is 29.6 Å². The Labute approximate surface area is 99.6 Å².